The number of nitrogens with zero attached hydrogens (tertiary/aromatic N) is 2. The number of hydrogen-bond acceptors (Lipinski definition) is 4. The van der Waals surface area contributed by atoms with Crippen molar-refractivity contribution in [1.82, 2.24) is 10.3 Å². The lowest BCUT2D eigenvalue weighted by atomic mass is 9.96. The quantitative estimate of drug-likeness (QED) is 0.810. The Bertz CT molecular complexity index is 735. The van der Waals surface area contributed by atoms with Gasteiger partial charge in [-0.25, -0.2) is 0 Å². The van der Waals surface area contributed by atoms with Crippen LogP contribution >= 0.6 is 23.2 Å². The van der Waals surface area contributed by atoms with Gasteiger partial charge in [0.15, 0.2) is 6.61 Å². The average Bonchev–Trinajstić information content (AvgIpc) is 2.67. The fourth-order valence-corrected chi connectivity index (χ4v) is 3.46. The van der Waals surface area contributed by atoms with Gasteiger partial charge in [-0.3, -0.25) is 9.78 Å². The van der Waals surface area contributed by atoms with E-state index in [1.54, 1.807) is 18.2 Å². The van der Waals surface area contributed by atoms with Crippen LogP contribution in [0.2, 0.25) is 10.0 Å². The van der Waals surface area contributed by atoms with Crippen molar-refractivity contribution in [2.75, 3.05) is 31.1 Å². The van der Waals surface area contributed by atoms with Crippen LogP contribution < -0.4 is 15.0 Å². The molecule has 0 spiro atoms. The van der Waals surface area contributed by atoms with Crippen molar-refractivity contribution >= 4 is 34.8 Å². The van der Waals surface area contributed by atoms with E-state index < -0.39 is 0 Å². The number of amides is 1. The zero-order valence-electron chi connectivity index (χ0n) is 14.3. The Hall–Kier alpha value is -1.98. The molecule has 1 saturated heterocycles. The second-order valence-corrected chi connectivity index (χ2v) is 7.15. The molecule has 1 amide bonds. The summed E-state index contributed by atoms with van der Waals surface area (Å²) in [6.45, 7) is 2.58. The summed E-state index contributed by atoms with van der Waals surface area (Å²) in [7, 11) is 0. The van der Waals surface area contributed by atoms with Gasteiger partial charge in [0, 0.05) is 42.7 Å². The van der Waals surface area contributed by atoms with Crippen LogP contribution in [0, 0.1) is 5.92 Å². The molecule has 0 saturated carbocycles. The third-order valence-electron chi connectivity index (χ3n) is 4.48. The maximum atomic E-state index is 12.0. The molecule has 0 bridgehead atoms. The van der Waals surface area contributed by atoms with Crippen LogP contribution in [0.15, 0.2) is 42.7 Å². The molecule has 1 fully saturated rings. The fraction of sp³-hybridized carbons (Fsp3) is 0.368. The topological polar surface area (TPSA) is 54.5 Å². The van der Waals surface area contributed by atoms with Gasteiger partial charge < -0.3 is 15.0 Å². The summed E-state index contributed by atoms with van der Waals surface area (Å²) in [6.07, 6.45) is 5.72. The van der Waals surface area contributed by atoms with Crippen molar-refractivity contribution in [3.63, 3.8) is 0 Å². The number of anilines is 1. The van der Waals surface area contributed by atoms with Gasteiger partial charge in [0.25, 0.3) is 5.91 Å². The summed E-state index contributed by atoms with van der Waals surface area (Å²) in [5, 5.41) is 3.88. The van der Waals surface area contributed by atoms with Crippen molar-refractivity contribution in [2.45, 2.75) is 12.8 Å². The largest absolute Gasteiger partial charge is 0.482 e. The van der Waals surface area contributed by atoms with Crippen molar-refractivity contribution < 1.29 is 9.53 Å². The standard InChI is InChI=1S/C19H21Cl2N3O2/c20-15-1-2-18(17(21)11-15)26-13-19(25)23-12-14-5-9-24(10-6-14)16-3-7-22-8-4-16/h1-4,7-8,11,14H,5-6,9-10,12-13H2,(H,23,25). The molecule has 3 rings (SSSR count). The van der Waals surface area contributed by atoms with Crippen LogP contribution in [0.3, 0.4) is 0 Å². The van der Waals surface area contributed by atoms with E-state index in [0.29, 0.717) is 28.3 Å². The number of hydrogen-bond donors (Lipinski definition) is 1. The molecule has 1 aromatic carbocycles. The van der Waals surface area contributed by atoms with Crippen molar-refractivity contribution in [3.8, 4) is 5.75 Å². The second-order valence-electron chi connectivity index (χ2n) is 6.30. The Kier molecular flexibility index (Phi) is 6.58. The maximum Gasteiger partial charge on any atom is 0.257 e. The van der Waals surface area contributed by atoms with Crippen molar-refractivity contribution in [3.05, 3.63) is 52.8 Å². The van der Waals surface area contributed by atoms with Crippen LogP contribution in [0.4, 0.5) is 5.69 Å². The Morgan fingerprint density at radius 1 is 1.19 bits per heavy atom. The minimum Gasteiger partial charge on any atom is -0.482 e. The molecule has 1 aliphatic rings. The number of piperidine rings is 1. The Balaban J connectivity index is 1.37. The Morgan fingerprint density at radius 2 is 1.92 bits per heavy atom. The van der Waals surface area contributed by atoms with Crippen LogP contribution in [0.1, 0.15) is 12.8 Å². The lowest BCUT2D eigenvalue weighted by molar-refractivity contribution is -0.123. The van der Waals surface area contributed by atoms with Gasteiger partial charge in [-0.1, -0.05) is 23.2 Å². The van der Waals surface area contributed by atoms with Crippen LogP contribution in [0.5, 0.6) is 5.75 Å². The van der Waals surface area contributed by atoms with Gasteiger partial charge >= 0.3 is 0 Å². The number of carbonyl (C=O) groups excluding carboxylic acids is 1. The van der Waals surface area contributed by atoms with E-state index in [0.717, 1.165) is 25.9 Å². The van der Waals surface area contributed by atoms with Gasteiger partial charge in [-0.15, -0.1) is 0 Å². The lowest BCUT2D eigenvalue weighted by Crippen LogP contribution is -2.39. The molecule has 0 unspecified atom stereocenters. The number of pyridine rings is 1. The number of carbonyl (C=O) groups is 1. The highest BCUT2D eigenvalue weighted by Gasteiger charge is 2.20. The number of benzene rings is 1. The molecular formula is C19H21Cl2N3O2. The molecule has 2 aromatic rings. The van der Waals surface area contributed by atoms with Crippen LogP contribution in [-0.4, -0.2) is 37.1 Å². The molecule has 5 nitrogen and oxygen atoms in total. The molecule has 1 aliphatic heterocycles. The minimum atomic E-state index is -0.146. The molecule has 0 radical (unpaired) electrons. The highest BCUT2D eigenvalue weighted by Crippen LogP contribution is 2.27. The number of aromatic nitrogens is 1. The van der Waals surface area contributed by atoms with E-state index in [1.807, 2.05) is 24.5 Å². The zero-order valence-corrected chi connectivity index (χ0v) is 15.8. The lowest BCUT2D eigenvalue weighted by Gasteiger charge is -2.33. The summed E-state index contributed by atoms with van der Waals surface area (Å²) < 4.78 is 5.45. The normalized spacial score (nSPS) is 14.9. The third-order valence-corrected chi connectivity index (χ3v) is 5.01. The van der Waals surface area contributed by atoms with Gasteiger partial charge in [0.2, 0.25) is 0 Å². The first-order valence-corrected chi connectivity index (χ1v) is 9.37. The number of ether oxygens (including phenoxy) is 1. The number of nitrogens with one attached hydrogen (secondary N) is 1. The zero-order chi connectivity index (χ0) is 18.4. The number of halogens is 2. The first-order valence-electron chi connectivity index (χ1n) is 8.61. The monoisotopic (exact) mass is 393 g/mol. The van der Waals surface area contributed by atoms with E-state index in [4.69, 9.17) is 27.9 Å². The molecule has 7 heteroatoms. The fourth-order valence-electron chi connectivity index (χ4n) is 2.99. The SMILES string of the molecule is O=C(COc1ccc(Cl)cc1Cl)NCC1CCN(c2ccncc2)CC1. The summed E-state index contributed by atoms with van der Waals surface area (Å²) in [4.78, 5) is 18.4. The van der Waals surface area contributed by atoms with Crippen LogP contribution in [0.25, 0.3) is 0 Å². The summed E-state index contributed by atoms with van der Waals surface area (Å²) in [5.41, 5.74) is 1.20. The van der Waals surface area contributed by atoms with E-state index >= 15 is 0 Å². The minimum absolute atomic E-state index is 0.0583. The van der Waals surface area contributed by atoms with Gasteiger partial charge in [0.05, 0.1) is 5.02 Å². The van der Waals surface area contributed by atoms with Crippen LogP contribution in [-0.2, 0) is 4.79 Å². The molecule has 26 heavy (non-hydrogen) atoms. The van der Waals surface area contributed by atoms with E-state index in [2.05, 4.69) is 15.2 Å². The molecule has 0 aliphatic carbocycles. The number of rotatable bonds is 6. The first-order chi connectivity index (χ1) is 12.6. The average molecular weight is 394 g/mol. The molecular weight excluding hydrogens is 373 g/mol. The first kappa shape index (κ1) is 18.8. The molecule has 1 N–H and O–H groups in total. The van der Waals surface area contributed by atoms with E-state index in [9.17, 15) is 4.79 Å². The van der Waals surface area contributed by atoms with Crippen molar-refractivity contribution in [1.29, 1.82) is 0 Å². The van der Waals surface area contributed by atoms with Crippen molar-refractivity contribution in [2.24, 2.45) is 5.92 Å². The highest BCUT2D eigenvalue weighted by molar-refractivity contribution is 6.35. The molecule has 2 heterocycles. The summed E-state index contributed by atoms with van der Waals surface area (Å²) >= 11 is 11.9. The second kappa shape index (κ2) is 9.10. The predicted molar refractivity (Wildman–Crippen MR) is 104 cm³/mol. The Labute approximate surface area is 163 Å². The van der Waals surface area contributed by atoms with Gasteiger partial charge in [0.1, 0.15) is 5.75 Å². The highest BCUT2D eigenvalue weighted by atomic mass is 35.5. The van der Waals surface area contributed by atoms with Gasteiger partial charge in [-0.2, -0.15) is 0 Å². The smallest absolute Gasteiger partial charge is 0.257 e. The molecule has 138 valence electrons. The van der Waals surface area contributed by atoms with E-state index in [1.165, 1.54) is 5.69 Å². The van der Waals surface area contributed by atoms with Gasteiger partial charge in [-0.05, 0) is 49.1 Å². The predicted octanol–water partition coefficient (Wildman–Crippen LogP) is 3.80. The molecule has 1 aromatic heterocycles. The summed E-state index contributed by atoms with van der Waals surface area (Å²) in [6, 6.07) is 8.99. The Morgan fingerprint density at radius 3 is 2.62 bits per heavy atom. The summed E-state index contributed by atoms with van der Waals surface area (Å²) in [5.74, 6) is 0.792. The molecule has 0 atom stereocenters. The van der Waals surface area contributed by atoms with E-state index in [-0.39, 0.29) is 12.5 Å². The third kappa shape index (κ3) is 5.26. The maximum absolute atomic E-state index is 12.0.